The molecule has 1 atom stereocenters. The van der Waals surface area contributed by atoms with Gasteiger partial charge < -0.3 is 15.0 Å². The smallest absolute Gasteiger partial charge is 0.251 e. The van der Waals surface area contributed by atoms with Gasteiger partial charge in [0.15, 0.2) is 0 Å². The third-order valence-electron chi connectivity index (χ3n) is 3.76. The highest BCUT2D eigenvalue weighted by atomic mass is 16.5. The molecule has 0 aromatic heterocycles. The van der Waals surface area contributed by atoms with Gasteiger partial charge in [-0.15, -0.1) is 0 Å². The van der Waals surface area contributed by atoms with Crippen molar-refractivity contribution < 1.29 is 14.3 Å². The predicted octanol–water partition coefficient (Wildman–Crippen LogP) is 2.21. The monoisotopic (exact) mass is 304 g/mol. The molecule has 5 nitrogen and oxygen atoms in total. The molecule has 1 aliphatic heterocycles. The molecule has 1 heterocycles. The fraction of sp³-hybridized carbons (Fsp3) is 0.529. The first-order chi connectivity index (χ1) is 10.5. The van der Waals surface area contributed by atoms with Gasteiger partial charge in [0.05, 0.1) is 6.04 Å². The maximum atomic E-state index is 11.9. The van der Waals surface area contributed by atoms with Gasteiger partial charge in [0.25, 0.3) is 5.91 Å². The number of hydrogen-bond donors (Lipinski definition) is 1. The summed E-state index contributed by atoms with van der Waals surface area (Å²) in [6.45, 7) is 6.77. The third kappa shape index (κ3) is 4.23. The Morgan fingerprint density at radius 3 is 2.59 bits per heavy atom. The first-order valence-electron chi connectivity index (χ1n) is 7.78. The minimum Gasteiger partial charge on any atom is -0.491 e. The van der Waals surface area contributed by atoms with E-state index in [0.717, 1.165) is 25.1 Å². The van der Waals surface area contributed by atoms with Crippen LogP contribution in [0.4, 0.5) is 0 Å². The summed E-state index contributed by atoms with van der Waals surface area (Å²) in [5, 5.41) is 2.85. The normalized spacial score (nSPS) is 17.6. The number of likely N-dealkylation sites (tertiary alicyclic amines) is 1. The van der Waals surface area contributed by atoms with Gasteiger partial charge in [-0.3, -0.25) is 9.59 Å². The predicted molar refractivity (Wildman–Crippen MR) is 84.9 cm³/mol. The van der Waals surface area contributed by atoms with E-state index in [4.69, 9.17) is 4.74 Å². The van der Waals surface area contributed by atoms with E-state index in [0.29, 0.717) is 12.2 Å². The van der Waals surface area contributed by atoms with Gasteiger partial charge in [0, 0.05) is 25.1 Å². The molecule has 1 aromatic rings. The van der Waals surface area contributed by atoms with Crippen molar-refractivity contribution in [1.82, 2.24) is 10.2 Å². The van der Waals surface area contributed by atoms with Crippen LogP contribution in [0.15, 0.2) is 24.3 Å². The molecule has 1 aliphatic rings. The second kappa shape index (κ2) is 7.29. The van der Waals surface area contributed by atoms with Crippen molar-refractivity contribution in [2.45, 2.75) is 45.7 Å². The highest BCUT2D eigenvalue weighted by molar-refractivity contribution is 5.94. The Morgan fingerprint density at radius 1 is 1.32 bits per heavy atom. The number of nitrogens with zero attached hydrogens (tertiary/aromatic N) is 1. The maximum Gasteiger partial charge on any atom is 0.251 e. The molecular formula is C17H24N2O3. The number of hydrogen-bond acceptors (Lipinski definition) is 3. The van der Waals surface area contributed by atoms with Crippen LogP contribution in [-0.4, -0.2) is 41.9 Å². The SMILES string of the molecule is CC(=O)N1CCCC1COc1ccc(C(=O)NC(C)C)cc1. The number of carbonyl (C=O) groups is 2. The second-order valence-corrected chi connectivity index (χ2v) is 5.97. The molecule has 0 spiro atoms. The number of rotatable bonds is 5. The van der Waals surface area contributed by atoms with Crippen LogP contribution in [0, 0.1) is 0 Å². The van der Waals surface area contributed by atoms with Crippen LogP contribution >= 0.6 is 0 Å². The summed E-state index contributed by atoms with van der Waals surface area (Å²) < 4.78 is 5.76. The van der Waals surface area contributed by atoms with Crippen molar-refractivity contribution in [1.29, 1.82) is 0 Å². The van der Waals surface area contributed by atoms with Crippen molar-refractivity contribution >= 4 is 11.8 Å². The highest BCUT2D eigenvalue weighted by Gasteiger charge is 2.26. The van der Waals surface area contributed by atoms with E-state index >= 15 is 0 Å². The van der Waals surface area contributed by atoms with Crippen molar-refractivity contribution in [3.63, 3.8) is 0 Å². The van der Waals surface area contributed by atoms with E-state index in [2.05, 4.69) is 5.32 Å². The molecule has 120 valence electrons. The highest BCUT2D eigenvalue weighted by Crippen LogP contribution is 2.19. The molecule has 2 amide bonds. The third-order valence-corrected chi connectivity index (χ3v) is 3.76. The van der Waals surface area contributed by atoms with E-state index in [-0.39, 0.29) is 23.9 Å². The maximum absolute atomic E-state index is 11.9. The molecule has 1 N–H and O–H groups in total. The molecule has 0 radical (unpaired) electrons. The lowest BCUT2D eigenvalue weighted by atomic mass is 10.2. The minimum atomic E-state index is -0.0832. The molecule has 0 aliphatic carbocycles. The summed E-state index contributed by atoms with van der Waals surface area (Å²) in [5.41, 5.74) is 0.618. The van der Waals surface area contributed by atoms with Gasteiger partial charge in [0.1, 0.15) is 12.4 Å². The molecule has 1 aromatic carbocycles. The van der Waals surface area contributed by atoms with Crippen molar-refractivity contribution in [3.05, 3.63) is 29.8 Å². The standard InChI is InChI=1S/C17H24N2O3/c1-12(2)18-17(21)14-6-8-16(9-7-14)22-11-15-5-4-10-19(15)13(3)20/h6-9,12,15H,4-5,10-11H2,1-3H3,(H,18,21). The Labute approximate surface area is 131 Å². The van der Waals surface area contributed by atoms with Crippen molar-refractivity contribution in [2.75, 3.05) is 13.2 Å². The number of ether oxygens (including phenoxy) is 1. The summed E-state index contributed by atoms with van der Waals surface area (Å²) in [4.78, 5) is 25.2. The summed E-state index contributed by atoms with van der Waals surface area (Å²) >= 11 is 0. The van der Waals surface area contributed by atoms with E-state index in [1.165, 1.54) is 0 Å². The number of benzene rings is 1. The molecule has 0 saturated carbocycles. The van der Waals surface area contributed by atoms with Gasteiger partial charge in [-0.25, -0.2) is 0 Å². The zero-order valence-electron chi connectivity index (χ0n) is 13.5. The van der Waals surface area contributed by atoms with Crippen LogP contribution in [0.5, 0.6) is 5.75 Å². The molecule has 5 heteroatoms. The van der Waals surface area contributed by atoms with Crippen LogP contribution in [-0.2, 0) is 4.79 Å². The summed E-state index contributed by atoms with van der Waals surface area (Å²) in [7, 11) is 0. The summed E-state index contributed by atoms with van der Waals surface area (Å²) in [6.07, 6.45) is 2.01. The largest absolute Gasteiger partial charge is 0.491 e. The first kappa shape index (κ1) is 16.3. The minimum absolute atomic E-state index is 0.0832. The van der Waals surface area contributed by atoms with E-state index in [1.807, 2.05) is 18.7 Å². The zero-order chi connectivity index (χ0) is 16.1. The molecule has 22 heavy (non-hydrogen) atoms. The van der Waals surface area contributed by atoms with Crippen LogP contribution in [0.3, 0.4) is 0 Å². The molecule has 1 fully saturated rings. The Hall–Kier alpha value is -2.04. The molecule has 1 unspecified atom stereocenters. The quantitative estimate of drug-likeness (QED) is 0.907. The average Bonchev–Trinajstić information content (AvgIpc) is 2.93. The Balaban J connectivity index is 1.89. The van der Waals surface area contributed by atoms with E-state index < -0.39 is 0 Å². The Kier molecular flexibility index (Phi) is 5.41. The molecule has 1 saturated heterocycles. The van der Waals surface area contributed by atoms with Gasteiger partial charge >= 0.3 is 0 Å². The second-order valence-electron chi connectivity index (χ2n) is 5.97. The Bertz CT molecular complexity index is 525. The molecule has 2 rings (SSSR count). The first-order valence-corrected chi connectivity index (χ1v) is 7.78. The molecular weight excluding hydrogens is 280 g/mol. The van der Waals surface area contributed by atoms with E-state index in [1.54, 1.807) is 31.2 Å². The van der Waals surface area contributed by atoms with Crippen LogP contribution < -0.4 is 10.1 Å². The van der Waals surface area contributed by atoms with Gasteiger partial charge in [-0.2, -0.15) is 0 Å². The van der Waals surface area contributed by atoms with Gasteiger partial charge in [0.2, 0.25) is 5.91 Å². The van der Waals surface area contributed by atoms with E-state index in [9.17, 15) is 9.59 Å². The Morgan fingerprint density at radius 2 is 2.00 bits per heavy atom. The van der Waals surface area contributed by atoms with Crippen LogP contribution in [0.1, 0.15) is 44.0 Å². The van der Waals surface area contributed by atoms with Crippen molar-refractivity contribution in [2.24, 2.45) is 0 Å². The van der Waals surface area contributed by atoms with Crippen LogP contribution in [0.2, 0.25) is 0 Å². The summed E-state index contributed by atoms with van der Waals surface area (Å²) in [6, 6.07) is 7.37. The lowest BCUT2D eigenvalue weighted by Gasteiger charge is -2.23. The average molecular weight is 304 g/mol. The zero-order valence-corrected chi connectivity index (χ0v) is 13.5. The van der Waals surface area contributed by atoms with Gasteiger partial charge in [-0.05, 0) is 51.0 Å². The fourth-order valence-corrected chi connectivity index (χ4v) is 2.66. The lowest BCUT2D eigenvalue weighted by Crippen LogP contribution is -2.37. The van der Waals surface area contributed by atoms with Gasteiger partial charge in [-0.1, -0.05) is 0 Å². The molecule has 0 bridgehead atoms. The topological polar surface area (TPSA) is 58.6 Å². The number of amides is 2. The van der Waals surface area contributed by atoms with Crippen LogP contribution in [0.25, 0.3) is 0 Å². The van der Waals surface area contributed by atoms with Crippen molar-refractivity contribution in [3.8, 4) is 5.75 Å². The number of carbonyl (C=O) groups excluding carboxylic acids is 2. The summed E-state index contributed by atoms with van der Waals surface area (Å²) in [5.74, 6) is 0.739. The fourth-order valence-electron chi connectivity index (χ4n) is 2.66. The lowest BCUT2D eigenvalue weighted by molar-refractivity contribution is -0.130. The number of nitrogens with one attached hydrogen (secondary N) is 1.